The van der Waals surface area contributed by atoms with E-state index in [1.54, 1.807) is 0 Å². The van der Waals surface area contributed by atoms with Gasteiger partial charge in [0, 0.05) is 31.7 Å². The second-order valence-electron chi connectivity index (χ2n) is 5.25. The first-order chi connectivity index (χ1) is 8.24. The molecule has 17 heavy (non-hydrogen) atoms. The van der Waals surface area contributed by atoms with Gasteiger partial charge in [0.1, 0.15) is 0 Å². The van der Waals surface area contributed by atoms with Crippen LogP contribution in [0, 0.1) is 18.8 Å². The maximum absolute atomic E-state index is 12.3. The third-order valence-electron chi connectivity index (χ3n) is 3.98. The Morgan fingerprint density at radius 1 is 1.18 bits per heavy atom. The van der Waals surface area contributed by atoms with Crippen LogP contribution >= 0.6 is 0 Å². The topological polar surface area (TPSA) is 32.3 Å². The van der Waals surface area contributed by atoms with Crippen molar-refractivity contribution in [2.75, 3.05) is 26.2 Å². The van der Waals surface area contributed by atoms with E-state index in [9.17, 15) is 4.79 Å². The molecule has 2 aliphatic rings. The number of amides is 1. The SMILES string of the molecule is Cc1ccc(C(=O)N2C[C@H]3CNC[C@H]3C2)cc1. The number of carbonyl (C=O) groups is 1. The van der Waals surface area contributed by atoms with E-state index in [4.69, 9.17) is 0 Å². The smallest absolute Gasteiger partial charge is 0.253 e. The number of likely N-dealkylation sites (tertiary alicyclic amines) is 1. The van der Waals surface area contributed by atoms with E-state index in [-0.39, 0.29) is 5.91 Å². The minimum absolute atomic E-state index is 0.194. The number of nitrogens with zero attached hydrogens (tertiary/aromatic N) is 1. The zero-order valence-corrected chi connectivity index (χ0v) is 10.1. The van der Waals surface area contributed by atoms with Crippen molar-refractivity contribution in [1.82, 2.24) is 10.2 Å². The van der Waals surface area contributed by atoms with Gasteiger partial charge in [-0.15, -0.1) is 0 Å². The molecule has 0 unspecified atom stereocenters. The fourth-order valence-corrected chi connectivity index (χ4v) is 2.90. The van der Waals surface area contributed by atoms with E-state index in [0.717, 1.165) is 31.7 Å². The van der Waals surface area contributed by atoms with E-state index >= 15 is 0 Å². The number of benzene rings is 1. The molecule has 2 heterocycles. The van der Waals surface area contributed by atoms with Gasteiger partial charge in [-0.25, -0.2) is 0 Å². The fourth-order valence-electron chi connectivity index (χ4n) is 2.90. The molecule has 3 nitrogen and oxygen atoms in total. The van der Waals surface area contributed by atoms with Crippen LogP contribution in [0.3, 0.4) is 0 Å². The Hall–Kier alpha value is -1.35. The molecule has 2 aliphatic heterocycles. The molecule has 2 atom stereocenters. The van der Waals surface area contributed by atoms with Crippen LogP contribution in [-0.2, 0) is 0 Å². The van der Waals surface area contributed by atoms with Crippen LogP contribution in [0.4, 0.5) is 0 Å². The van der Waals surface area contributed by atoms with Crippen LogP contribution in [0.1, 0.15) is 15.9 Å². The van der Waals surface area contributed by atoms with Crippen LogP contribution in [0.2, 0.25) is 0 Å². The lowest BCUT2D eigenvalue weighted by Crippen LogP contribution is -2.31. The molecule has 0 radical (unpaired) electrons. The summed E-state index contributed by atoms with van der Waals surface area (Å²) >= 11 is 0. The molecule has 0 bridgehead atoms. The predicted molar refractivity (Wildman–Crippen MR) is 66.9 cm³/mol. The molecule has 1 amide bonds. The highest BCUT2D eigenvalue weighted by Gasteiger charge is 2.38. The zero-order valence-electron chi connectivity index (χ0n) is 10.1. The highest BCUT2D eigenvalue weighted by Crippen LogP contribution is 2.27. The third-order valence-corrected chi connectivity index (χ3v) is 3.98. The number of rotatable bonds is 1. The second kappa shape index (κ2) is 4.15. The summed E-state index contributed by atoms with van der Waals surface area (Å²) in [5, 5.41) is 3.39. The summed E-state index contributed by atoms with van der Waals surface area (Å²) in [7, 11) is 0. The zero-order chi connectivity index (χ0) is 11.8. The van der Waals surface area contributed by atoms with Gasteiger partial charge in [-0.2, -0.15) is 0 Å². The minimum atomic E-state index is 0.194. The molecule has 1 aromatic carbocycles. The van der Waals surface area contributed by atoms with Crippen LogP contribution in [-0.4, -0.2) is 37.0 Å². The van der Waals surface area contributed by atoms with Gasteiger partial charge in [0.25, 0.3) is 5.91 Å². The Morgan fingerprint density at radius 2 is 1.76 bits per heavy atom. The molecular formula is C14H18N2O. The Bertz CT molecular complexity index is 414. The van der Waals surface area contributed by atoms with Crippen LogP contribution in [0.25, 0.3) is 0 Å². The lowest BCUT2D eigenvalue weighted by Gasteiger charge is -2.17. The summed E-state index contributed by atoms with van der Waals surface area (Å²) in [6.07, 6.45) is 0. The largest absolute Gasteiger partial charge is 0.338 e. The van der Waals surface area contributed by atoms with Gasteiger partial charge in [-0.1, -0.05) is 17.7 Å². The van der Waals surface area contributed by atoms with E-state index in [1.165, 1.54) is 5.56 Å². The number of nitrogens with one attached hydrogen (secondary N) is 1. The maximum atomic E-state index is 12.3. The van der Waals surface area contributed by atoms with Gasteiger partial charge >= 0.3 is 0 Å². The van der Waals surface area contributed by atoms with Crippen molar-refractivity contribution in [3.63, 3.8) is 0 Å². The van der Waals surface area contributed by atoms with Gasteiger partial charge < -0.3 is 10.2 Å². The molecular weight excluding hydrogens is 212 g/mol. The van der Waals surface area contributed by atoms with E-state index in [1.807, 2.05) is 36.1 Å². The Kier molecular flexibility index (Phi) is 2.63. The van der Waals surface area contributed by atoms with E-state index in [0.29, 0.717) is 11.8 Å². The standard InChI is InChI=1S/C14H18N2O/c1-10-2-4-11(5-3-10)14(17)16-8-12-6-15-7-13(12)9-16/h2-5,12-13,15H,6-9H2,1H3/t12-,13+. The average Bonchev–Trinajstić information content (AvgIpc) is 2.89. The van der Waals surface area contributed by atoms with E-state index < -0.39 is 0 Å². The van der Waals surface area contributed by atoms with Crippen molar-refractivity contribution in [2.24, 2.45) is 11.8 Å². The number of carbonyl (C=O) groups excluding carboxylic acids is 1. The van der Waals surface area contributed by atoms with Crippen molar-refractivity contribution >= 4 is 5.91 Å². The van der Waals surface area contributed by atoms with Gasteiger partial charge in [-0.3, -0.25) is 4.79 Å². The number of fused-ring (bicyclic) bond motifs is 1. The minimum Gasteiger partial charge on any atom is -0.338 e. The molecule has 3 rings (SSSR count). The lowest BCUT2D eigenvalue weighted by molar-refractivity contribution is 0.0781. The molecule has 0 aliphatic carbocycles. The van der Waals surface area contributed by atoms with Gasteiger partial charge in [0.2, 0.25) is 0 Å². The van der Waals surface area contributed by atoms with Crippen LogP contribution in [0.5, 0.6) is 0 Å². The van der Waals surface area contributed by atoms with Crippen LogP contribution < -0.4 is 5.32 Å². The van der Waals surface area contributed by atoms with Crippen molar-refractivity contribution < 1.29 is 4.79 Å². The summed E-state index contributed by atoms with van der Waals surface area (Å²) in [5.74, 6) is 1.54. The summed E-state index contributed by atoms with van der Waals surface area (Å²) < 4.78 is 0. The fraction of sp³-hybridized carbons (Fsp3) is 0.500. The molecule has 3 heteroatoms. The Labute approximate surface area is 102 Å². The molecule has 0 spiro atoms. The summed E-state index contributed by atoms with van der Waals surface area (Å²) in [5.41, 5.74) is 2.02. The number of aryl methyl sites for hydroxylation is 1. The maximum Gasteiger partial charge on any atom is 0.253 e. The molecule has 2 fully saturated rings. The second-order valence-corrected chi connectivity index (χ2v) is 5.25. The van der Waals surface area contributed by atoms with Gasteiger partial charge in [0.15, 0.2) is 0 Å². The first-order valence-electron chi connectivity index (χ1n) is 6.30. The van der Waals surface area contributed by atoms with Crippen LogP contribution in [0.15, 0.2) is 24.3 Å². The highest BCUT2D eigenvalue weighted by atomic mass is 16.2. The Balaban J connectivity index is 1.73. The van der Waals surface area contributed by atoms with E-state index in [2.05, 4.69) is 5.32 Å². The van der Waals surface area contributed by atoms with Gasteiger partial charge in [-0.05, 0) is 30.9 Å². The summed E-state index contributed by atoms with van der Waals surface area (Å²) in [6, 6.07) is 7.88. The molecule has 1 N–H and O–H groups in total. The summed E-state index contributed by atoms with van der Waals surface area (Å²) in [6.45, 7) is 6.03. The lowest BCUT2D eigenvalue weighted by atomic mass is 10.0. The normalized spacial score (nSPS) is 27.2. The first kappa shape index (κ1) is 10.8. The molecule has 1 aromatic rings. The highest BCUT2D eigenvalue weighted by molar-refractivity contribution is 5.94. The first-order valence-corrected chi connectivity index (χ1v) is 6.30. The van der Waals surface area contributed by atoms with Gasteiger partial charge in [0.05, 0.1) is 0 Å². The predicted octanol–water partition coefficient (Wildman–Crippen LogP) is 1.29. The molecule has 0 saturated carbocycles. The number of hydrogen-bond donors (Lipinski definition) is 1. The summed E-state index contributed by atoms with van der Waals surface area (Å²) in [4.78, 5) is 14.3. The molecule has 90 valence electrons. The monoisotopic (exact) mass is 230 g/mol. The molecule has 2 saturated heterocycles. The van der Waals surface area contributed by atoms with Crippen molar-refractivity contribution in [1.29, 1.82) is 0 Å². The third kappa shape index (κ3) is 1.95. The average molecular weight is 230 g/mol. The van der Waals surface area contributed by atoms with Crippen molar-refractivity contribution in [3.8, 4) is 0 Å². The molecule has 0 aromatic heterocycles. The van der Waals surface area contributed by atoms with Crippen molar-refractivity contribution in [2.45, 2.75) is 6.92 Å². The number of hydrogen-bond acceptors (Lipinski definition) is 2. The van der Waals surface area contributed by atoms with Crippen molar-refractivity contribution in [3.05, 3.63) is 35.4 Å². The Morgan fingerprint density at radius 3 is 2.35 bits per heavy atom. The quantitative estimate of drug-likeness (QED) is 0.788.